The Balaban J connectivity index is 1.62. The molecule has 2 aromatic rings. The largest absolute Gasteiger partial charge is 0.300 e. The summed E-state index contributed by atoms with van der Waals surface area (Å²) in [5.41, 5.74) is 0.677. The van der Waals surface area contributed by atoms with Gasteiger partial charge in [-0.1, -0.05) is 74.8 Å². The third kappa shape index (κ3) is 4.20. The van der Waals surface area contributed by atoms with Crippen LogP contribution < -0.4 is 5.32 Å². The zero-order chi connectivity index (χ0) is 17.0. The SMILES string of the molecule is CC(C)(Cc1ccccc1)C(=O)Nc1nnc(C2CCCCC2)s1. The molecule has 1 fully saturated rings. The van der Waals surface area contributed by atoms with Gasteiger partial charge in [-0.05, 0) is 24.8 Å². The molecule has 1 N–H and O–H groups in total. The Bertz CT molecular complexity index is 675. The van der Waals surface area contributed by atoms with Crippen molar-refractivity contribution in [2.24, 2.45) is 5.41 Å². The second kappa shape index (κ2) is 7.43. The lowest BCUT2D eigenvalue weighted by Gasteiger charge is -2.22. The van der Waals surface area contributed by atoms with E-state index in [-0.39, 0.29) is 5.91 Å². The second-order valence-corrected chi connectivity index (χ2v) is 8.29. The van der Waals surface area contributed by atoms with Crippen LogP contribution >= 0.6 is 11.3 Å². The fourth-order valence-corrected chi connectivity index (χ4v) is 4.16. The Hall–Kier alpha value is -1.75. The number of anilines is 1. The Kier molecular flexibility index (Phi) is 5.29. The van der Waals surface area contributed by atoms with Gasteiger partial charge in [0.2, 0.25) is 11.0 Å². The number of carbonyl (C=O) groups is 1. The Morgan fingerprint density at radius 3 is 2.58 bits per heavy atom. The summed E-state index contributed by atoms with van der Waals surface area (Å²) in [7, 11) is 0. The predicted molar refractivity (Wildman–Crippen MR) is 98.3 cm³/mol. The molecular formula is C19H25N3OS. The van der Waals surface area contributed by atoms with E-state index in [4.69, 9.17) is 0 Å². The average Bonchev–Trinajstić information content (AvgIpc) is 3.05. The third-order valence-corrected chi connectivity index (χ3v) is 5.72. The minimum absolute atomic E-state index is 0.00213. The molecule has 1 aliphatic rings. The highest BCUT2D eigenvalue weighted by molar-refractivity contribution is 7.15. The van der Waals surface area contributed by atoms with Gasteiger partial charge in [0.25, 0.3) is 0 Å². The van der Waals surface area contributed by atoms with Gasteiger partial charge in [0, 0.05) is 11.3 Å². The fraction of sp³-hybridized carbons (Fsp3) is 0.526. The molecule has 0 unspecified atom stereocenters. The van der Waals surface area contributed by atoms with Crippen LogP contribution in [0.3, 0.4) is 0 Å². The van der Waals surface area contributed by atoms with Crippen molar-refractivity contribution in [3.63, 3.8) is 0 Å². The maximum Gasteiger partial charge on any atom is 0.232 e. The van der Waals surface area contributed by atoms with E-state index < -0.39 is 5.41 Å². The molecule has 0 spiro atoms. The second-order valence-electron chi connectivity index (χ2n) is 7.28. The van der Waals surface area contributed by atoms with Crippen LogP contribution in [0.2, 0.25) is 0 Å². The van der Waals surface area contributed by atoms with E-state index in [1.165, 1.54) is 43.4 Å². The quantitative estimate of drug-likeness (QED) is 0.849. The van der Waals surface area contributed by atoms with Gasteiger partial charge in [-0.2, -0.15) is 0 Å². The number of rotatable bonds is 5. The van der Waals surface area contributed by atoms with Crippen molar-refractivity contribution in [2.45, 2.75) is 58.3 Å². The number of carbonyl (C=O) groups excluding carboxylic acids is 1. The van der Waals surface area contributed by atoms with Crippen LogP contribution in [-0.4, -0.2) is 16.1 Å². The van der Waals surface area contributed by atoms with Crippen molar-refractivity contribution < 1.29 is 4.79 Å². The topological polar surface area (TPSA) is 54.9 Å². The van der Waals surface area contributed by atoms with Gasteiger partial charge >= 0.3 is 0 Å². The van der Waals surface area contributed by atoms with Gasteiger partial charge in [-0.15, -0.1) is 10.2 Å². The first-order valence-electron chi connectivity index (χ1n) is 8.73. The monoisotopic (exact) mass is 343 g/mol. The normalized spacial score (nSPS) is 16.1. The number of nitrogens with zero attached hydrogens (tertiary/aromatic N) is 2. The van der Waals surface area contributed by atoms with Crippen LogP contribution in [0.25, 0.3) is 0 Å². The highest BCUT2D eigenvalue weighted by Gasteiger charge is 2.29. The molecule has 24 heavy (non-hydrogen) atoms. The molecule has 1 heterocycles. The smallest absolute Gasteiger partial charge is 0.232 e. The molecule has 0 bridgehead atoms. The standard InChI is InChI=1S/C19H25N3OS/c1-19(2,13-14-9-5-3-6-10-14)17(23)20-18-22-21-16(24-18)15-11-7-4-8-12-15/h3,5-6,9-10,15H,4,7-8,11-13H2,1-2H3,(H,20,22,23). The number of amides is 1. The molecule has 0 aliphatic heterocycles. The molecule has 3 rings (SSSR count). The number of nitrogens with one attached hydrogen (secondary N) is 1. The molecule has 1 saturated carbocycles. The molecule has 0 saturated heterocycles. The average molecular weight is 343 g/mol. The minimum atomic E-state index is -0.488. The van der Waals surface area contributed by atoms with E-state index in [1.807, 2.05) is 32.0 Å². The molecule has 0 radical (unpaired) electrons. The summed E-state index contributed by atoms with van der Waals surface area (Å²) in [6.45, 7) is 3.94. The predicted octanol–water partition coefficient (Wildman–Crippen LogP) is 4.79. The van der Waals surface area contributed by atoms with Crippen LogP contribution in [0.1, 0.15) is 62.4 Å². The molecule has 5 heteroatoms. The first-order valence-corrected chi connectivity index (χ1v) is 9.55. The summed E-state index contributed by atoms with van der Waals surface area (Å²) < 4.78 is 0. The van der Waals surface area contributed by atoms with Gasteiger partial charge in [-0.3, -0.25) is 4.79 Å². The van der Waals surface area contributed by atoms with Gasteiger partial charge in [0.1, 0.15) is 5.01 Å². The number of benzene rings is 1. The maximum atomic E-state index is 12.7. The summed E-state index contributed by atoms with van der Waals surface area (Å²) in [5.74, 6) is 0.525. The Labute approximate surface area is 147 Å². The first-order chi connectivity index (χ1) is 11.5. The van der Waals surface area contributed by atoms with Crippen LogP contribution in [0.5, 0.6) is 0 Å². The molecule has 0 atom stereocenters. The summed E-state index contributed by atoms with van der Waals surface area (Å²) in [6, 6.07) is 10.1. The van der Waals surface area contributed by atoms with E-state index in [0.29, 0.717) is 17.5 Å². The van der Waals surface area contributed by atoms with Gasteiger partial charge in [-0.25, -0.2) is 0 Å². The van der Waals surface area contributed by atoms with Gasteiger partial charge in [0.05, 0.1) is 0 Å². The van der Waals surface area contributed by atoms with Crippen LogP contribution in [0.15, 0.2) is 30.3 Å². The first kappa shape index (κ1) is 17.1. The zero-order valence-corrected chi connectivity index (χ0v) is 15.2. The summed E-state index contributed by atoms with van der Waals surface area (Å²) >= 11 is 1.54. The molecule has 1 amide bonds. The molecule has 4 nitrogen and oxygen atoms in total. The van der Waals surface area contributed by atoms with E-state index in [9.17, 15) is 4.79 Å². The molecule has 1 aromatic heterocycles. The maximum absolute atomic E-state index is 12.7. The van der Waals surface area contributed by atoms with Crippen molar-refractivity contribution in [3.8, 4) is 0 Å². The fourth-order valence-electron chi connectivity index (χ4n) is 3.25. The number of aromatic nitrogens is 2. The Morgan fingerprint density at radius 1 is 1.17 bits per heavy atom. The van der Waals surface area contributed by atoms with E-state index >= 15 is 0 Å². The van der Waals surface area contributed by atoms with Crippen molar-refractivity contribution in [3.05, 3.63) is 40.9 Å². The van der Waals surface area contributed by atoms with Crippen molar-refractivity contribution >= 4 is 22.4 Å². The lowest BCUT2D eigenvalue weighted by atomic mass is 9.85. The molecule has 1 aliphatic carbocycles. The third-order valence-electron chi connectivity index (χ3n) is 4.72. The Morgan fingerprint density at radius 2 is 1.88 bits per heavy atom. The number of hydrogen-bond acceptors (Lipinski definition) is 4. The van der Waals surface area contributed by atoms with Crippen LogP contribution in [0.4, 0.5) is 5.13 Å². The van der Waals surface area contributed by atoms with E-state index in [0.717, 1.165) is 10.6 Å². The van der Waals surface area contributed by atoms with Crippen molar-refractivity contribution in [2.75, 3.05) is 5.32 Å². The highest BCUT2D eigenvalue weighted by Crippen LogP contribution is 2.35. The lowest BCUT2D eigenvalue weighted by molar-refractivity contribution is -0.123. The highest BCUT2D eigenvalue weighted by atomic mass is 32.1. The summed E-state index contributed by atoms with van der Waals surface area (Å²) in [6.07, 6.45) is 6.97. The van der Waals surface area contributed by atoms with Gasteiger partial charge in [0.15, 0.2) is 0 Å². The van der Waals surface area contributed by atoms with Gasteiger partial charge < -0.3 is 5.32 Å². The van der Waals surface area contributed by atoms with E-state index in [2.05, 4.69) is 27.6 Å². The van der Waals surface area contributed by atoms with Crippen LogP contribution in [0, 0.1) is 5.41 Å². The molecule has 128 valence electrons. The lowest BCUT2D eigenvalue weighted by Crippen LogP contribution is -2.32. The summed E-state index contributed by atoms with van der Waals surface area (Å²) in [4.78, 5) is 12.7. The van der Waals surface area contributed by atoms with Crippen molar-refractivity contribution in [1.29, 1.82) is 0 Å². The molecule has 1 aromatic carbocycles. The van der Waals surface area contributed by atoms with E-state index in [1.54, 1.807) is 0 Å². The minimum Gasteiger partial charge on any atom is -0.300 e. The molecular weight excluding hydrogens is 318 g/mol. The number of hydrogen-bond donors (Lipinski definition) is 1. The van der Waals surface area contributed by atoms with Crippen LogP contribution in [-0.2, 0) is 11.2 Å². The zero-order valence-electron chi connectivity index (χ0n) is 14.4. The van der Waals surface area contributed by atoms with Crippen molar-refractivity contribution in [1.82, 2.24) is 10.2 Å². The summed E-state index contributed by atoms with van der Waals surface area (Å²) in [5, 5.41) is 13.2.